The van der Waals surface area contributed by atoms with E-state index in [0.717, 1.165) is 16.7 Å². The number of esters is 1. The summed E-state index contributed by atoms with van der Waals surface area (Å²) in [6.07, 6.45) is 1.90. The fourth-order valence-corrected chi connectivity index (χ4v) is 3.05. The van der Waals surface area contributed by atoms with E-state index in [0.29, 0.717) is 12.3 Å². The predicted octanol–water partition coefficient (Wildman–Crippen LogP) is 3.99. The molecule has 0 atom stereocenters. The highest BCUT2D eigenvalue weighted by atomic mass is 16.5. The average Bonchev–Trinajstić information content (AvgIpc) is 3.02. The van der Waals surface area contributed by atoms with Crippen molar-refractivity contribution in [1.29, 1.82) is 0 Å². The Morgan fingerprint density at radius 3 is 2.60 bits per heavy atom. The van der Waals surface area contributed by atoms with Gasteiger partial charge in [-0.1, -0.05) is 36.4 Å². The summed E-state index contributed by atoms with van der Waals surface area (Å²) >= 11 is 0. The number of fused-ring (bicyclic) bond motifs is 3. The molecule has 0 amide bonds. The molecule has 4 rings (SSSR count). The van der Waals surface area contributed by atoms with Crippen molar-refractivity contribution < 1.29 is 9.53 Å². The molecule has 1 aromatic heterocycles. The predicted molar refractivity (Wildman–Crippen MR) is 78.7 cm³/mol. The highest BCUT2D eigenvalue weighted by Crippen LogP contribution is 2.48. The zero-order chi connectivity index (χ0) is 13.7. The van der Waals surface area contributed by atoms with Crippen molar-refractivity contribution in [1.82, 2.24) is 4.98 Å². The first-order valence-electron chi connectivity index (χ1n) is 6.72. The molecular weight excluding hydrogens is 250 g/mol. The Balaban J connectivity index is 2.03. The molecule has 0 saturated heterocycles. The van der Waals surface area contributed by atoms with Gasteiger partial charge in [-0.25, -0.2) is 4.79 Å². The van der Waals surface area contributed by atoms with Gasteiger partial charge in [-0.3, -0.25) is 0 Å². The number of hydrogen-bond acceptors (Lipinski definition) is 2. The second kappa shape index (κ2) is 3.97. The van der Waals surface area contributed by atoms with Crippen LogP contribution in [0.3, 0.4) is 0 Å². The number of nitrogens with one attached hydrogen (secondary N) is 1. The van der Waals surface area contributed by atoms with Gasteiger partial charge in [-0.2, -0.15) is 0 Å². The summed E-state index contributed by atoms with van der Waals surface area (Å²) in [5.74, 6) is -0.293. The summed E-state index contributed by atoms with van der Waals surface area (Å²) in [5.41, 5.74) is 4.89. The molecule has 98 valence electrons. The lowest BCUT2D eigenvalue weighted by atomic mass is 10.0. The zero-order valence-electron chi connectivity index (χ0n) is 11.1. The molecule has 3 aromatic rings. The van der Waals surface area contributed by atoms with E-state index in [2.05, 4.69) is 29.2 Å². The summed E-state index contributed by atoms with van der Waals surface area (Å²) in [7, 11) is 0. The number of aromatic nitrogens is 1. The van der Waals surface area contributed by atoms with Crippen molar-refractivity contribution in [3.63, 3.8) is 0 Å². The Morgan fingerprint density at radius 1 is 1.10 bits per heavy atom. The Morgan fingerprint density at radius 2 is 1.85 bits per heavy atom. The van der Waals surface area contributed by atoms with E-state index in [4.69, 9.17) is 4.74 Å². The number of carbonyl (C=O) groups excluding carboxylic acids is 1. The van der Waals surface area contributed by atoms with E-state index in [9.17, 15) is 4.79 Å². The van der Waals surface area contributed by atoms with E-state index in [1.165, 1.54) is 16.3 Å². The van der Waals surface area contributed by atoms with E-state index in [1.54, 1.807) is 0 Å². The Hall–Kier alpha value is -2.55. The maximum atomic E-state index is 12.1. The lowest BCUT2D eigenvalue weighted by Crippen LogP contribution is -2.06. The van der Waals surface area contributed by atoms with Crippen LogP contribution in [0.15, 0.2) is 42.6 Å². The molecule has 0 fully saturated rings. The van der Waals surface area contributed by atoms with Gasteiger partial charge >= 0.3 is 5.97 Å². The molecule has 0 spiro atoms. The standard InChI is InChI=1S/C17H13NO2/c1-2-20-17(19)16-15-12-8-4-6-10-5-3-7-11(14(10)12)13(15)9-18-16/h3-9,18H,2H2,1H3. The molecule has 3 heteroatoms. The molecular formula is C17H13NO2. The van der Waals surface area contributed by atoms with Crippen LogP contribution in [0.4, 0.5) is 0 Å². The Labute approximate surface area is 116 Å². The van der Waals surface area contributed by atoms with Gasteiger partial charge in [0.25, 0.3) is 0 Å². The average molecular weight is 263 g/mol. The summed E-state index contributed by atoms with van der Waals surface area (Å²) in [6, 6.07) is 12.4. The van der Waals surface area contributed by atoms with Crippen LogP contribution >= 0.6 is 0 Å². The van der Waals surface area contributed by atoms with E-state index in [-0.39, 0.29) is 5.97 Å². The first-order chi connectivity index (χ1) is 9.81. The number of ether oxygens (including phenoxy) is 1. The smallest absolute Gasteiger partial charge is 0.355 e. The molecule has 2 aromatic carbocycles. The lowest BCUT2D eigenvalue weighted by molar-refractivity contribution is 0.0521. The molecule has 20 heavy (non-hydrogen) atoms. The number of rotatable bonds is 2. The SMILES string of the molecule is CCOC(=O)c1[nH]cc2c1-c1cccc3cccc-2c13. The van der Waals surface area contributed by atoms with Crippen LogP contribution in [0.5, 0.6) is 0 Å². The van der Waals surface area contributed by atoms with E-state index in [1.807, 2.05) is 25.3 Å². The molecule has 0 unspecified atom stereocenters. The number of H-pyrrole nitrogens is 1. The van der Waals surface area contributed by atoms with Gasteiger partial charge in [0.15, 0.2) is 0 Å². The minimum Gasteiger partial charge on any atom is -0.461 e. The largest absolute Gasteiger partial charge is 0.461 e. The first kappa shape index (κ1) is 11.3. The third-order valence-corrected chi connectivity index (χ3v) is 3.82. The van der Waals surface area contributed by atoms with Crippen LogP contribution in [0.25, 0.3) is 33.0 Å². The second-order valence-corrected chi connectivity index (χ2v) is 4.88. The zero-order valence-corrected chi connectivity index (χ0v) is 11.1. The highest BCUT2D eigenvalue weighted by Gasteiger charge is 2.28. The van der Waals surface area contributed by atoms with Crippen molar-refractivity contribution in [3.8, 4) is 22.3 Å². The number of hydrogen-bond donors (Lipinski definition) is 1. The fraction of sp³-hybridized carbons (Fsp3) is 0.118. The van der Waals surface area contributed by atoms with Gasteiger partial charge in [0.2, 0.25) is 0 Å². The van der Waals surface area contributed by atoms with Crippen LogP contribution in [0.1, 0.15) is 17.4 Å². The number of aromatic amines is 1. The highest BCUT2D eigenvalue weighted by molar-refractivity contribution is 6.18. The molecule has 0 aliphatic heterocycles. The van der Waals surface area contributed by atoms with E-state index >= 15 is 0 Å². The third kappa shape index (κ3) is 1.32. The number of benzene rings is 2. The molecule has 1 N–H and O–H groups in total. The summed E-state index contributed by atoms with van der Waals surface area (Å²) in [6.45, 7) is 2.19. The van der Waals surface area contributed by atoms with Gasteiger partial charge in [0, 0.05) is 17.3 Å². The molecule has 0 radical (unpaired) electrons. The normalized spacial score (nSPS) is 11.7. The summed E-state index contributed by atoms with van der Waals surface area (Å²) in [4.78, 5) is 15.2. The quantitative estimate of drug-likeness (QED) is 0.555. The van der Waals surface area contributed by atoms with Crippen molar-refractivity contribution >= 4 is 16.7 Å². The first-order valence-corrected chi connectivity index (χ1v) is 6.72. The van der Waals surface area contributed by atoms with Crippen LogP contribution in [-0.2, 0) is 4.74 Å². The van der Waals surface area contributed by atoms with Crippen LogP contribution in [0.2, 0.25) is 0 Å². The molecule has 1 aliphatic carbocycles. The molecule has 1 heterocycles. The molecule has 0 saturated carbocycles. The van der Waals surface area contributed by atoms with E-state index < -0.39 is 0 Å². The van der Waals surface area contributed by atoms with Crippen molar-refractivity contribution in [2.45, 2.75) is 6.92 Å². The molecule has 3 nitrogen and oxygen atoms in total. The van der Waals surface area contributed by atoms with Crippen molar-refractivity contribution in [2.24, 2.45) is 0 Å². The van der Waals surface area contributed by atoms with Gasteiger partial charge in [-0.15, -0.1) is 0 Å². The summed E-state index contributed by atoms with van der Waals surface area (Å²) < 4.78 is 5.14. The summed E-state index contributed by atoms with van der Waals surface area (Å²) in [5, 5.41) is 2.42. The van der Waals surface area contributed by atoms with Crippen LogP contribution in [0, 0.1) is 0 Å². The van der Waals surface area contributed by atoms with Gasteiger partial charge < -0.3 is 9.72 Å². The van der Waals surface area contributed by atoms with Gasteiger partial charge in [-0.05, 0) is 28.8 Å². The minimum atomic E-state index is -0.293. The second-order valence-electron chi connectivity index (χ2n) is 4.88. The minimum absolute atomic E-state index is 0.293. The fourth-order valence-electron chi connectivity index (χ4n) is 3.05. The van der Waals surface area contributed by atoms with Gasteiger partial charge in [0.05, 0.1) is 6.61 Å². The number of carbonyl (C=O) groups is 1. The van der Waals surface area contributed by atoms with Crippen LogP contribution < -0.4 is 0 Å². The van der Waals surface area contributed by atoms with Crippen molar-refractivity contribution in [3.05, 3.63) is 48.3 Å². The third-order valence-electron chi connectivity index (χ3n) is 3.82. The Bertz CT molecular complexity index is 840. The van der Waals surface area contributed by atoms with Crippen LogP contribution in [-0.4, -0.2) is 17.6 Å². The van der Waals surface area contributed by atoms with Gasteiger partial charge in [0.1, 0.15) is 5.69 Å². The Kier molecular flexibility index (Phi) is 2.24. The molecule has 0 bridgehead atoms. The monoisotopic (exact) mass is 263 g/mol. The topological polar surface area (TPSA) is 42.1 Å². The molecule has 1 aliphatic rings. The lowest BCUT2D eigenvalue weighted by Gasteiger charge is -2.04. The maximum Gasteiger partial charge on any atom is 0.355 e. The van der Waals surface area contributed by atoms with Crippen molar-refractivity contribution in [2.75, 3.05) is 6.61 Å². The maximum absolute atomic E-state index is 12.1.